The lowest BCUT2D eigenvalue weighted by atomic mass is 10.1. The Kier molecular flexibility index (Phi) is 9.51. The van der Waals surface area contributed by atoms with Crippen LogP contribution in [0, 0.1) is 0 Å². The van der Waals surface area contributed by atoms with Crippen molar-refractivity contribution in [3.05, 3.63) is 24.4 Å². The van der Waals surface area contributed by atoms with E-state index >= 15 is 0 Å². The van der Waals surface area contributed by atoms with Crippen molar-refractivity contribution in [2.45, 2.75) is 89.4 Å². The number of fused-ring (bicyclic) bond motifs is 1. The van der Waals surface area contributed by atoms with Crippen molar-refractivity contribution in [1.29, 1.82) is 0 Å². The number of aliphatic hydroxyl groups is 1. The van der Waals surface area contributed by atoms with Gasteiger partial charge in [-0.25, -0.2) is 13.2 Å². The second-order valence-corrected chi connectivity index (χ2v) is 12.5. The Morgan fingerprint density at radius 2 is 1.81 bits per heavy atom. The van der Waals surface area contributed by atoms with Gasteiger partial charge in [-0.1, -0.05) is 0 Å². The highest BCUT2D eigenvalue weighted by Crippen LogP contribution is 2.43. The number of ether oxygens (including phenoxy) is 3. The van der Waals surface area contributed by atoms with E-state index in [0.717, 1.165) is 4.31 Å². The average Bonchev–Trinajstić information content (AvgIpc) is 3.29. The van der Waals surface area contributed by atoms with Crippen molar-refractivity contribution in [1.82, 2.24) is 15.1 Å². The SMILES string of the molecule is CCOc1nn(CC)cc1S(=O)(=O)N1c2cc(NC(=O)OC(C)(C)C(F)(F)F)ccc2O[C@@H](CNC(=O)C(C)(C)O)[C@H]1C. The largest absolute Gasteiger partial charge is 0.484 e. The van der Waals surface area contributed by atoms with Crippen LogP contribution in [0.5, 0.6) is 11.6 Å². The first kappa shape index (κ1) is 33.8. The van der Waals surface area contributed by atoms with Crippen molar-refractivity contribution < 1.29 is 50.5 Å². The number of nitrogens with one attached hydrogen (secondary N) is 2. The fourth-order valence-electron chi connectivity index (χ4n) is 3.97. The predicted molar refractivity (Wildman–Crippen MR) is 149 cm³/mol. The second kappa shape index (κ2) is 12.1. The zero-order valence-electron chi connectivity index (χ0n) is 24.8. The molecule has 1 aliphatic heterocycles. The highest BCUT2D eigenvalue weighted by atomic mass is 32.2. The van der Waals surface area contributed by atoms with Crippen LogP contribution in [0.2, 0.25) is 0 Å². The molecule has 2 aromatic rings. The number of alkyl halides is 3. The summed E-state index contributed by atoms with van der Waals surface area (Å²) in [5.41, 5.74) is -4.65. The first-order valence-corrected chi connectivity index (χ1v) is 14.8. The Hall–Kier alpha value is -3.73. The highest BCUT2D eigenvalue weighted by Gasteiger charge is 2.51. The van der Waals surface area contributed by atoms with E-state index in [9.17, 15) is 36.3 Å². The maximum atomic E-state index is 14.2. The van der Waals surface area contributed by atoms with Gasteiger partial charge in [0, 0.05) is 18.4 Å². The van der Waals surface area contributed by atoms with Crippen LogP contribution in [-0.4, -0.2) is 78.0 Å². The van der Waals surface area contributed by atoms with Gasteiger partial charge in [0.25, 0.3) is 21.8 Å². The first-order valence-electron chi connectivity index (χ1n) is 13.4. The van der Waals surface area contributed by atoms with Gasteiger partial charge in [0.1, 0.15) is 17.5 Å². The van der Waals surface area contributed by atoms with Crippen molar-refractivity contribution in [2.75, 3.05) is 22.8 Å². The molecule has 1 aromatic carbocycles. The summed E-state index contributed by atoms with van der Waals surface area (Å²) in [5, 5.41) is 18.9. The molecule has 240 valence electrons. The van der Waals surface area contributed by atoms with Gasteiger partial charge in [-0.15, -0.1) is 5.10 Å². The fourth-order valence-corrected chi connectivity index (χ4v) is 5.73. The molecule has 2 amide bonds. The maximum Gasteiger partial charge on any atom is 0.427 e. The summed E-state index contributed by atoms with van der Waals surface area (Å²) in [4.78, 5) is 24.4. The van der Waals surface area contributed by atoms with Gasteiger partial charge < -0.3 is 24.6 Å². The molecule has 43 heavy (non-hydrogen) atoms. The summed E-state index contributed by atoms with van der Waals surface area (Å²) in [6.45, 7) is 9.14. The van der Waals surface area contributed by atoms with E-state index in [0.29, 0.717) is 20.4 Å². The van der Waals surface area contributed by atoms with Gasteiger partial charge in [0.2, 0.25) is 5.60 Å². The molecule has 2 atom stereocenters. The summed E-state index contributed by atoms with van der Waals surface area (Å²) >= 11 is 0. The van der Waals surface area contributed by atoms with E-state index in [1.807, 2.05) is 0 Å². The number of carbonyl (C=O) groups excluding carboxylic acids is 2. The Morgan fingerprint density at radius 1 is 1.16 bits per heavy atom. The molecule has 1 aliphatic rings. The van der Waals surface area contributed by atoms with Crippen molar-refractivity contribution in [3.63, 3.8) is 0 Å². The molecule has 0 fully saturated rings. The van der Waals surface area contributed by atoms with Crippen LogP contribution in [0.15, 0.2) is 29.3 Å². The van der Waals surface area contributed by atoms with Gasteiger partial charge in [0.15, 0.2) is 4.90 Å². The van der Waals surface area contributed by atoms with Gasteiger partial charge >= 0.3 is 12.3 Å². The highest BCUT2D eigenvalue weighted by molar-refractivity contribution is 7.93. The van der Waals surface area contributed by atoms with Gasteiger partial charge in [0.05, 0.1) is 24.9 Å². The molecule has 0 saturated carbocycles. The number of benzene rings is 1. The molecule has 0 bridgehead atoms. The maximum absolute atomic E-state index is 14.2. The van der Waals surface area contributed by atoms with E-state index in [-0.39, 0.29) is 41.1 Å². The van der Waals surface area contributed by atoms with Crippen LogP contribution < -0.4 is 24.4 Å². The number of anilines is 2. The summed E-state index contributed by atoms with van der Waals surface area (Å²) in [6.07, 6.45) is -5.92. The molecule has 1 aromatic heterocycles. The summed E-state index contributed by atoms with van der Waals surface area (Å²) in [5.74, 6) is -0.838. The lowest BCUT2D eigenvalue weighted by Gasteiger charge is -2.41. The third-order valence-corrected chi connectivity index (χ3v) is 8.40. The normalized spacial score (nSPS) is 17.5. The molecule has 0 unspecified atom stereocenters. The van der Waals surface area contributed by atoms with Crippen LogP contribution in [0.25, 0.3) is 0 Å². The van der Waals surface area contributed by atoms with Crippen molar-refractivity contribution in [3.8, 4) is 11.6 Å². The number of hydrogen-bond acceptors (Lipinski definition) is 9. The molecular weight excluding hydrogens is 599 g/mol. The number of hydrogen-bond donors (Lipinski definition) is 3. The standard InChI is InChI=1S/C26H36F3N5O8S/c1-8-33-14-20(21(32-33)40-9-2)43(38,39)34-15(3)19(13-30-22(35)24(4,5)37)41-18-11-10-16(12-17(18)34)31-23(36)42-25(6,7)26(27,28)29/h10-12,14-15,19,37H,8-9,13H2,1-7H3,(H,30,35)(H,31,36)/t15-,19+/m1/s1. The smallest absolute Gasteiger partial charge is 0.427 e. The monoisotopic (exact) mass is 635 g/mol. The summed E-state index contributed by atoms with van der Waals surface area (Å²) in [6, 6.07) is 2.82. The number of aromatic nitrogens is 2. The number of halogens is 3. The van der Waals surface area contributed by atoms with E-state index < -0.39 is 51.5 Å². The third kappa shape index (κ3) is 7.26. The lowest BCUT2D eigenvalue weighted by molar-refractivity contribution is -0.242. The molecule has 2 heterocycles. The molecule has 0 radical (unpaired) electrons. The number of rotatable bonds is 10. The molecule has 3 rings (SSSR count). The molecule has 0 saturated heterocycles. The summed E-state index contributed by atoms with van der Waals surface area (Å²) in [7, 11) is -4.47. The van der Waals surface area contributed by atoms with Crippen LogP contribution in [0.1, 0.15) is 48.5 Å². The minimum absolute atomic E-state index is 0.0274. The average molecular weight is 636 g/mol. The number of sulfonamides is 1. The number of aryl methyl sites for hydroxylation is 1. The fraction of sp³-hybridized carbons (Fsp3) is 0.577. The zero-order chi connectivity index (χ0) is 32.5. The van der Waals surface area contributed by atoms with Gasteiger partial charge in [-0.05, 0) is 66.7 Å². The number of carbonyl (C=O) groups is 2. The van der Waals surface area contributed by atoms with Gasteiger partial charge in [-0.3, -0.25) is 19.1 Å². The quantitative estimate of drug-likeness (QED) is 0.355. The molecule has 0 spiro atoms. The Bertz CT molecular complexity index is 1450. The molecule has 3 N–H and O–H groups in total. The topological polar surface area (TPSA) is 161 Å². The van der Waals surface area contributed by atoms with Crippen LogP contribution in [0.4, 0.5) is 29.3 Å². The minimum Gasteiger partial charge on any atom is -0.484 e. The molecule has 13 nitrogen and oxygen atoms in total. The van der Waals surface area contributed by atoms with Crippen molar-refractivity contribution >= 4 is 33.4 Å². The predicted octanol–water partition coefficient (Wildman–Crippen LogP) is 3.42. The van der Waals surface area contributed by atoms with Crippen LogP contribution >= 0.6 is 0 Å². The first-order chi connectivity index (χ1) is 19.7. The molecular formula is C26H36F3N5O8S. The summed E-state index contributed by atoms with van der Waals surface area (Å²) < 4.78 is 86.6. The van der Waals surface area contributed by atoms with E-state index in [1.165, 1.54) is 49.8 Å². The van der Waals surface area contributed by atoms with Crippen LogP contribution in [-0.2, 0) is 26.1 Å². The molecule has 0 aliphatic carbocycles. The number of amides is 2. The minimum atomic E-state index is -4.84. The Morgan fingerprint density at radius 3 is 2.37 bits per heavy atom. The second-order valence-electron chi connectivity index (χ2n) is 10.8. The number of nitrogens with zero attached hydrogens (tertiary/aromatic N) is 3. The molecule has 17 heteroatoms. The van der Waals surface area contributed by atoms with E-state index in [2.05, 4.69) is 20.5 Å². The Labute approximate surface area is 247 Å². The van der Waals surface area contributed by atoms with Crippen LogP contribution in [0.3, 0.4) is 0 Å². The van der Waals surface area contributed by atoms with Gasteiger partial charge in [-0.2, -0.15) is 13.2 Å². The third-order valence-electron chi connectivity index (χ3n) is 6.52. The van der Waals surface area contributed by atoms with E-state index in [1.54, 1.807) is 13.8 Å². The van der Waals surface area contributed by atoms with E-state index in [4.69, 9.17) is 9.47 Å². The Balaban J connectivity index is 2.07. The lowest BCUT2D eigenvalue weighted by Crippen LogP contribution is -2.56. The van der Waals surface area contributed by atoms with Crippen molar-refractivity contribution in [2.24, 2.45) is 0 Å². The zero-order valence-corrected chi connectivity index (χ0v) is 25.6.